The van der Waals surface area contributed by atoms with Crippen LogP contribution in [0.4, 0.5) is 0 Å². The van der Waals surface area contributed by atoms with E-state index in [4.69, 9.17) is 4.74 Å². The van der Waals surface area contributed by atoms with Gasteiger partial charge in [-0.05, 0) is 37.8 Å². The molecule has 2 aliphatic rings. The third-order valence-electron chi connectivity index (χ3n) is 4.07. The Hall–Kier alpha value is -1.03. The first-order chi connectivity index (χ1) is 9.24. The van der Waals surface area contributed by atoms with Gasteiger partial charge in [0.1, 0.15) is 5.75 Å². The van der Waals surface area contributed by atoms with E-state index in [1.807, 2.05) is 30.3 Å². The van der Waals surface area contributed by atoms with Crippen LogP contribution in [0.5, 0.6) is 5.75 Å². The summed E-state index contributed by atoms with van der Waals surface area (Å²) in [7, 11) is 0. The Kier molecular flexibility index (Phi) is 3.78. The lowest BCUT2D eigenvalue weighted by molar-refractivity contribution is -0.137. The first-order valence-electron chi connectivity index (χ1n) is 6.87. The molecule has 0 aliphatic carbocycles. The summed E-state index contributed by atoms with van der Waals surface area (Å²) in [5.74, 6) is 0.898. The maximum absolute atomic E-state index is 12.3. The van der Waals surface area contributed by atoms with E-state index < -0.39 is 0 Å². The van der Waals surface area contributed by atoms with Crippen LogP contribution in [0.15, 0.2) is 30.3 Å². The fraction of sp³-hybridized carbons (Fsp3) is 0.533. The normalized spacial score (nSPS) is 29.3. The number of ether oxygens (including phenoxy) is 1. The van der Waals surface area contributed by atoms with Gasteiger partial charge in [0.2, 0.25) is 0 Å². The van der Waals surface area contributed by atoms with Crippen molar-refractivity contribution in [2.45, 2.75) is 42.6 Å². The molecule has 0 radical (unpaired) electrons. The van der Waals surface area contributed by atoms with Crippen molar-refractivity contribution in [3.63, 3.8) is 0 Å². The average molecular weight is 324 g/mol. The molecule has 0 aromatic heterocycles. The lowest BCUT2D eigenvalue weighted by atomic mass is 10.0. The van der Waals surface area contributed by atoms with Gasteiger partial charge in [0, 0.05) is 16.9 Å². The van der Waals surface area contributed by atoms with Crippen LogP contribution in [0.3, 0.4) is 0 Å². The molecular formula is C15H18BrNO2. The molecular weight excluding hydrogens is 306 g/mol. The maximum atomic E-state index is 12.3. The summed E-state index contributed by atoms with van der Waals surface area (Å²) in [6.07, 6.45) is 4.44. The third-order valence-corrected chi connectivity index (χ3v) is 4.82. The van der Waals surface area contributed by atoms with Gasteiger partial charge in [0.05, 0.1) is 0 Å². The van der Waals surface area contributed by atoms with Gasteiger partial charge in [-0.1, -0.05) is 34.1 Å². The summed E-state index contributed by atoms with van der Waals surface area (Å²) in [4.78, 5) is 15.0. The van der Waals surface area contributed by atoms with Crippen LogP contribution in [-0.4, -0.2) is 34.3 Å². The summed E-state index contributed by atoms with van der Waals surface area (Å²) in [5, 5.41) is 0. The van der Waals surface area contributed by atoms with Crippen molar-refractivity contribution in [2.24, 2.45) is 0 Å². The largest absolute Gasteiger partial charge is 0.484 e. The van der Waals surface area contributed by atoms with Crippen molar-refractivity contribution >= 4 is 21.8 Å². The van der Waals surface area contributed by atoms with Gasteiger partial charge in [-0.15, -0.1) is 0 Å². The second kappa shape index (κ2) is 5.53. The van der Waals surface area contributed by atoms with Gasteiger partial charge in [-0.2, -0.15) is 0 Å². The molecule has 0 N–H and O–H groups in total. The lowest BCUT2D eigenvalue weighted by Crippen LogP contribution is -2.48. The fourth-order valence-corrected chi connectivity index (χ4v) is 4.12. The van der Waals surface area contributed by atoms with Crippen LogP contribution >= 0.6 is 15.9 Å². The number of halogens is 1. The van der Waals surface area contributed by atoms with Crippen molar-refractivity contribution in [3.05, 3.63) is 30.3 Å². The van der Waals surface area contributed by atoms with E-state index in [0.29, 0.717) is 16.9 Å². The Labute approximate surface area is 122 Å². The number of amides is 1. The number of fused-ring (bicyclic) bond motifs is 2. The minimum Gasteiger partial charge on any atom is -0.484 e. The minimum atomic E-state index is 0.135. The molecule has 102 valence electrons. The topological polar surface area (TPSA) is 29.5 Å². The molecule has 1 aromatic carbocycles. The van der Waals surface area contributed by atoms with Gasteiger partial charge in [-0.3, -0.25) is 4.79 Å². The highest BCUT2D eigenvalue weighted by Crippen LogP contribution is 2.38. The van der Waals surface area contributed by atoms with Crippen LogP contribution in [0.1, 0.15) is 25.7 Å². The Bertz CT molecular complexity index is 437. The van der Waals surface area contributed by atoms with Crippen molar-refractivity contribution in [2.75, 3.05) is 6.61 Å². The zero-order chi connectivity index (χ0) is 13.2. The Morgan fingerprint density at radius 2 is 1.84 bits per heavy atom. The van der Waals surface area contributed by atoms with Gasteiger partial charge in [0.25, 0.3) is 5.91 Å². The highest BCUT2D eigenvalue weighted by molar-refractivity contribution is 9.09. The van der Waals surface area contributed by atoms with Crippen molar-refractivity contribution < 1.29 is 9.53 Å². The number of alkyl halides is 1. The molecule has 19 heavy (non-hydrogen) atoms. The van der Waals surface area contributed by atoms with E-state index >= 15 is 0 Å². The number of nitrogens with zero attached hydrogens (tertiary/aromatic N) is 1. The molecule has 2 unspecified atom stereocenters. The zero-order valence-electron chi connectivity index (χ0n) is 10.8. The van der Waals surface area contributed by atoms with Gasteiger partial charge < -0.3 is 9.64 Å². The Morgan fingerprint density at radius 3 is 2.47 bits per heavy atom. The second-order valence-corrected chi connectivity index (χ2v) is 6.65. The van der Waals surface area contributed by atoms with E-state index in [1.54, 1.807) is 0 Å². The first-order valence-corrected chi connectivity index (χ1v) is 7.78. The third kappa shape index (κ3) is 2.78. The van der Waals surface area contributed by atoms with E-state index in [2.05, 4.69) is 20.8 Å². The molecule has 0 spiro atoms. The van der Waals surface area contributed by atoms with Crippen LogP contribution in [0.25, 0.3) is 0 Å². The van der Waals surface area contributed by atoms with Crippen LogP contribution in [0, 0.1) is 0 Å². The van der Waals surface area contributed by atoms with Crippen molar-refractivity contribution in [3.8, 4) is 5.75 Å². The number of hydrogen-bond acceptors (Lipinski definition) is 2. The number of hydrogen-bond donors (Lipinski definition) is 0. The van der Waals surface area contributed by atoms with Crippen LogP contribution in [0.2, 0.25) is 0 Å². The number of carbonyl (C=O) groups is 1. The van der Waals surface area contributed by atoms with Crippen LogP contribution < -0.4 is 4.74 Å². The molecule has 2 fully saturated rings. The number of rotatable bonds is 3. The molecule has 3 rings (SSSR count). The molecule has 2 bridgehead atoms. The smallest absolute Gasteiger partial charge is 0.261 e. The Morgan fingerprint density at radius 1 is 1.21 bits per heavy atom. The van der Waals surface area contributed by atoms with Crippen LogP contribution in [-0.2, 0) is 4.79 Å². The molecule has 2 aliphatic heterocycles. The molecule has 2 saturated heterocycles. The van der Waals surface area contributed by atoms with Gasteiger partial charge in [0.15, 0.2) is 6.61 Å². The SMILES string of the molecule is O=C(COc1ccccc1)N1C2CCC1CC(Br)C2. The molecule has 1 amide bonds. The number of benzene rings is 1. The molecule has 1 aromatic rings. The first kappa shape index (κ1) is 13.0. The Balaban J connectivity index is 1.59. The quantitative estimate of drug-likeness (QED) is 0.800. The summed E-state index contributed by atoms with van der Waals surface area (Å²) in [6.45, 7) is 0.157. The minimum absolute atomic E-state index is 0.135. The van der Waals surface area contributed by atoms with Gasteiger partial charge >= 0.3 is 0 Å². The summed E-state index contributed by atoms with van der Waals surface area (Å²) in [5.41, 5.74) is 0. The second-order valence-electron chi connectivity index (χ2n) is 5.36. The molecule has 4 heteroatoms. The summed E-state index contributed by atoms with van der Waals surface area (Å²) < 4.78 is 5.57. The van der Waals surface area contributed by atoms with Crippen molar-refractivity contribution in [1.82, 2.24) is 4.90 Å². The summed E-state index contributed by atoms with van der Waals surface area (Å²) in [6, 6.07) is 10.4. The van der Waals surface area contributed by atoms with E-state index in [-0.39, 0.29) is 12.5 Å². The summed E-state index contributed by atoms with van der Waals surface area (Å²) >= 11 is 3.69. The fourth-order valence-electron chi connectivity index (χ4n) is 3.25. The van der Waals surface area contributed by atoms with Gasteiger partial charge in [-0.25, -0.2) is 0 Å². The van der Waals surface area contributed by atoms with E-state index in [1.165, 1.54) is 0 Å². The molecule has 3 nitrogen and oxygen atoms in total. The molecule has 2 atom stereocenters. The van der Waals surface area contributed by atoms with E-state index in [9.17, 15) is 4.79 Å². The number of piperidine rings is 1. The number of carbonyl (C=O) groups excluding carboxylic acids is 1. The average Bonchev–Trinajstić information content (AvgIpc) is 2.70. The lowest BCUT2D eigenvalue weighted by Gasteiger charge is -2.37. The predicted octanol–water partition coefficient (Wildman–Crippen LogP) is 2.98. The monoisotopic (exact) mass is 323 g/mol. The van der Waals surface area contributed by atoms with E-state index in [0.717, 1.165) is 31.4 Å². The van der Waals surface area contributed by atoms with Crippen molar-refractivity contribution in [1.29, 1.82) is 0 Å². The highest BCUT2D eigenvalue weighted by atomic mass is 79.9. The maximum Gasteiger partial charge on any atom is 0.261 e. The zero-order valence-corrected chi connectivity index (χ0v) is 12.4. The molecule has 2 heterocycles. The molecule has 0 saturated carbocycles. The number of para-hydroxylation sites is 1. The predicted molar refractivity (Wildman–Crippen MR) is 77.5 cm³/mol. The standard InChI is InChI=1S/C15H18BrNO2/c16-11-8-12-6-7-13(9-11)17(12)15(18)10-19-14-4-2-1-3-5-14/h1-5,11-13H,6-10H2. The highest BCUT2D eigenvalue weighted by Gasteiger charge is 2.42.